The van der Waals surface area contributed by atoms with Crippen molar-refractivity contribution < 1.29 is 23.9 Å². The first-order valence-electron chi connectivity index (χ1n) is 9.03. The third-order valence-corrected chi connectivity index (χ3v) is 4.40. The summed E-state index contributed by atoms with van der Waals surface area (Å²) in [7, 11) is 1.26. The highest BCUT2D eigenvalue weighted by atomic mass is 16.6. The van der Waals surface area contributed by atoms with Gasteiger partial charge in [0.1, 0.15) is 11.6 Å². The van der Waals surface area contributed by atoms with Crippen molar-refractivity contribution >= 4 is 18.0 Å². The summed E-state index contributed by atoms with van der Waals surface area (Å²) in [6, 6.07) is -0.888. The lowest BCUT2D eigenvalue weighted by Gasteiger charge is -2.38. The third-order valence-electron chi connectivity index (χ3n) is 4.40. The van der Waals surface area contributed by atoms with Crippen molar-refractivity contribution in [3.05, 3.63) is 0 Å². The summed E-state index contributed by atoms with van der Waals surface area (Å²) >= 11 is 0. The molecule has 25 heavy (non-hydrogen) atoms. The number of carbonyl (C=O) groups is 3. The van der Waals surface area contributed by atoms with Crippen molar-refractivity contribution in [3.8, 4) is 0 Å². The zero-order valence-corrected chi connectivity index (χ0v) is 16.2. The predicted molar refractivity (Wildman–Crippen MR) is 94.0 cm³/mol. The molecule has 2 unspecified atom stereocenters. The fourth-order valence-corrected chi connectivity index (χ4v) is 3.19. The standard InChI is InChI=1S/C16H26N2O5.C2H6/c1-15(2,3)23-14(21)17-11(13(20)22-4)8-10-9-16(6-5-7-16)18-12(10)19;1-2/h10-11H,5-9H2,1-4H3,(H,17,21)(H,18,19);1-2H3. The molecule has 1 aliphatic heterocycles. The fourth-order valence-electron chi connectivity index (χ4n) is 3.19. The molecule has 0 aromatic rings. The van der Waals surface area contributed by atoms with E-state index in [4.69, 9.17) is 9.47 Å². The van der Waals surface area contributed by atoms with Gasteiger partial charge in [-0.3, -0.25) is 4.79 Å². The zero-order valence-electron chi connectivity index (χ0n) is 16.2. The molecule has 1 heterocycles. The predicted octanol–water partition coefficient (Wildman–Crippen LogP) is 2.53. The van der Waals surface area contributed by atoms with E-state index < -0.39 is 23.7 Å². The lowest BCUT2D eigenvalue weighted by atomic mass is 9.74. The SMILES string of the molecule is CC.COC(=O)C(CC1CC2(CCC2)NC1=O)NC(=O)OC(C)(C)C. The van der Waals surface area contributed by atoms with Crippen LogP contribution in [0.2, 0.25) is 0 Å². The average molecular weight is 356 g/mol. The average Bonchev–Trinajstić information content (AvgIpc) is 2.83. The van der Waals surface area contributed by atoms with Gasteiger partial charge in [-0.2, -0.15) is 0 Å². The molecule has 144 valence electrons. The van der Waals surface area contributed by atoms with E-state index in [-0.39, 0.29) is 23.8 Å². The summed E-state index contributed by atoms with van der Waals surface area (Å²) in [5, 5.41) is 5.56. The van der Waals surface area contributed by atoms with Crippen molar-refractivity contribution in [3.63, 3.8) is 0 Å². The lowest BCUT2D eigenvalue weighted by Crippen LogP contribution is -2.47. The van der Waals surface area contributed by atoms with Crippen molar-refractivity contribution in [1.82, 2.24) is 10.6 Å². The van der Waals surface area contributed by atoms with Crippen LogP contribution in [0.15, 0.2) is 0 Å². The summed E-state index contributed by atoms with van der Waals surface area (Å²) < 4.78 is 9.91. The minimum Gasteiger partial charge on any atom is -0.467 e. The molecule has 2 aliphatic rings. The number of methoxy groups -OCH3 is 1. The van der Waals surface area contributed by atoms with Crippen LogP contribution in [0.4, 0.5) is 4.79 Å². The maximum absolute atomic E-state index is 12.1. The Morgan fingerprint density at radius 1 is 1.32 bits per heavy atom. The number of carbonyl (C=O) groups excluding carboxylic acids is 3. The molecule has 2 N–H and O–H groups in total. The van der Waals surface area contributed by atoms with Crippen LogP contribution in [0.5, 0.6) is 0 Å². The highest BCUT2D eigenvalue weighted by molar-refractivity contribution is 5.85. The molecule has 2 fully saturated rings. The smallest absolute Gasteiger partial charge is 0.408 e. The van der Waals surface area contributed by atoms with E-state index in [1.807, 2.05) is 13.8 Å². The van der Waals surface area contributed by atoms with Crippen LogP contribution in [0.1, 0.15) is 66.7 Å². The van der Waals surface area contributed by atoms with Crippen molar-refractivity contribution in [2.75, 3.05) is 7.11 Å². The molecule has 7 nitrogen and oxygen atoms in total. The number of esters is 1. The number of alkyl carbamates (subject to hydrolysis) is 1. The molecule has 1 spiro atoms. The molecule has 7 heteroatoms. The Labute approximate surface area is 150 Å². The van der Waals surface area contributed by atoms with Gasteiger partial charge in [0, 0.05) is 11.5 Å². The van der Waals surface area contributed by atoms with Crippen LogP contribution in [-0.2, 0) is 19.1 Å². The highest BCUT2D eigenvalue weighted by Gasteiger charge is 2.48. The fraction of sp³-hybridized carbons (Fsp3) is 0.833. The van der Waals surface area contributed by atoms with E-state index in [0.717, 1.165) is 19.3 Å². The van der Waals surface area contributed by atoms with E-state index in [9.17, 15) is 14.4 Å². The minimum atomic E-state index is -0.888. The molecule has 1 aliphatic carbocycles. The number of hydrogen-bond donors (Lipinski definition) is 2. The Morgan fingerprint density at radius 2 is 1.92 bits per heavy atom. The number of ether oxygens (including phenoxy) is 2. The van der Waals surface area contributed by atoms with E-state index >= 15 is 0 Å². The van der Waals surface area contributed by atoms with Gasteiger partial charge < -0.3 is 20.1 Å². The lowest BCUT2D eigenvalue weighted by molar-refractivity contribution is -0.143. The summed E-state index contributed by atoms with van der Waals surface area (Å²) in [5.74, 6) is -0.919. The number of nitrogens with one attached hydrogen (secondary N) is 2. The van der Waals surface area contributed by atoms with Gasteiger partial charge in [0.2, 0.25) is 5.91 Å². The molecular formula is C18H32N2O5. The van der Waals surface area contributed by atoms with Gasteiger partial charge >= 0.3 is 12.1 Å². The first-order valence-corrected chi connectivity index (χ1v) is 9.03. The maximum Gasteiger partial charge on any atom is 0.408 e. The topological polar surface area (TPSA) is 93.7 Å². The van der Waals surface area contributed by atoms with Gasteiger partial charge in [0.25, 0.3) is 0 Å². The van der Waals surface area contributed by atoms with Crippen molar-refractivity contribution in [1.29, 1.82) is 0 Å². The number of amides is 2. The third kappa shape index (κ3) is 5.90. The summed E-state index contributed by atoms with van der Waals surface area (Å²) in [6.07, 6.45) is 3.32. The van der Waals surface area contributed by atoms with Gasteiger partial charge in [0.15, 0.2) is 0 Å². The van der Waals surface area contributed by atoms with E-state index in [1.54, 1.807) is 20.8 Å². The van der Waals surface area contributed by atoms with E-state index in [1.165, 1.54) is 7.11 Å². The van der Waals surface area contributed by atoms with Crippen molar-refractivity contribution in [2.45, 2.75) is 83.9 Å². The van der Waals surface area contributed by atoms with Crippen LogP contribution < -0.4 is 10.6 Å². The molecule has 0 aromatic carbocycles. The first-order chi connectivity index (χ1) is 11.6. The molecule has 2 amide bonds. The minimum absolute atomic E-state index is 0.0513. The molecule has 2 rings (SSSR count). The van der Waals surface area contributed by atoms with Crippen LogP contribution in [0.25, 0.3) is 0 Å². The summed E-state index contributed by atoms with van der Waals surface area (Å²) in [5.41, 5.74) is -0.750. The Hall–Kier alpha value is -1.79. The van der Waals surface area contributed by atoms with Gasteiger partial charge in [-0.15, -0.1) is 0 Å². The molecule has 0 bridgehead atoms. The highest BCUT2D eigenvalue weighted by Crippen LogP contribution is 2.42. The second-order valence-electron chi connectivity index (χ2n) is 7.48. The van der Waals surface area contributed by atoms with Crippen molar-refractivity contribution in [2.24, 2.45) is 5.92 Å². The Bertz CT molecular complexity index is 494. The molecule has 1 saturated heterocycles. The molecule has 1 saturated carbocycles. The monoisotopic (exact) mass is 356 g/mol. The van der Waals surface area contributed by atoms with Gasteiger partial charge in [-0.05, 0) is 52.9 Å². The Morgan fingerprint density at radius 3 is 2.32 bits per heavy atom. The quantitative estimate of drug-likeness (QED) is 0.755. The maximum atomic E-state index is 12.1. The Balaban J connectivity index is 0.00000151. The van der Waals surface area contributed by atoms with Crippen LogP contribution in [0.3, 0.4) is 0 Å². The number of rotatable bonds is 4. The second kappa shape index (κ2) is 8.54. The second-order valence-corrected chi connectivity index (χ2v) is 7.48. The summed E-state index contributed by atoms with van der Waals surface area (Å²) in [4.78, 5) is 36.0. The van der Waals surface area contributed by atoms with Gasteiger partial charge in [-0.1, -0.05) is 13.8 Å². The Kier molecular flexibility index (Phi) is 7.26. The van der Waals surface area contributed by atoms with E-state index in [2.05, 4.69) is 10.6 Å². The van der Waals surface area contributed by atoms with Gasteiger partial charge in [-0.25, -0.2) is 9.59 Å². The molecule has 2 atom stereocenters. The van der Waals surface area contributed by atoms with Crippen LogP contribution >= 0.6 is 0 Å². The van der Waals surface area contributed by atoms with Crippen LogP contribution in [-0.4, -0.2) is 42.3 Å². The largest absolute Gasteiger partial charge is 0.467 e. The molecule has 0 aromatic heterocycles. The van der Waals surface area contributed by atoms with Crippen LogP contribution in [0, 0.1) is 5.92 Å². The summed E-state index contributed by atoms with van der Waals surface area (Å²) in [6.45, 7) is 9.22. The molecular weight excluding hydrogens is 324 g/mol. The molecule has 0 radical (unpaired) electrons. The normalized spacial score (nSPS) is 22.0. The zero-order chi connectivity index (χ0) is 19.3. The first kappa shape index (κ1) is 21.3. The number of hydrogen-bond acceptors (Lipinski definition) is 5. The van der Waals surface area contributed by atoms with Gasteiger partial charge in [0.05, 0.1) is 7.11 Å². The van der Waals surface area contributed by atoms with E-state index in [0.29, 0.717) is 6.42 Å².